The third-order valence-corrected chi connectivity index (χ3v) is 4.05. The predicted octanol–water partition coefficient (Wildman–Crippen LogP) is 4.31. The maximum absolute atomic E-state index is 11.2. The van der Waals surface area contributed by atoms with Crippen LogP contribution in [0.15, 0.2) is 28.7 Å². The quantitative estimate of drug-likeness (QED) is 0.751. The monoisotopic (exact) mass is 280 g/mol. The fraction of sp³-hybridized carbons (Fsp3) is 0.500. The molecule has 1 aliphatic carbocycles. The maximum Gasteiger partial charge on any atom is 0.127 e. The SMILES string of the molecule is O=CC(CC1CCCC1)c1ccc(Br)cc1. The molecule has 1 aliphatic rings. The molecule has 1 unspecified atom stereocenters. The van der Waals surface area contributed by atoms with E-state index < -0.39 is 0 Å². The smallest absolute Gasteiger partial charge is 0.127 e. The molecule has 0 aliphatic heterocycles. The summed E-state index contributed by atoms with van der Waals surface area (Å²) in [6, 6.07) is 8.14. The van der Waals surface area contributed by atoms with Crippen molar-refractivity contribution in [2.24, 2.45) is 5.92 Å². The number of carbonyl (C=O) groups excluding carboxylic acids is 1. The predicted molar refractivity (Wildman–Crippen MR) is 69.5 cm³/mol. The summed E-state index contributed by atoms with van der Waals surface area (Å²) < 4.78 is 1.07. The number of hydrogen-bond acceptors (Lipinski definition) is 1. The molecule has 1 atom stereocenters. The number of halogens is 1. The van der Waals surface area contributed by atoms with Crippen molar-refractivity contribution in [3.05, 3.63) is 34.3 Å². The number of hydrogen-bond donors (Lipinski definition) is 0. The molecule has 1 aromatic carbocycles. The first kappa shape index (κ1) is 11.8. The van der Waals surface area contributed by atoms with Crippen LogP contribution < -0.4 is 0 Å². The Balaban J connectivity index is 2.03. The Morgan fingerprint density at radius 2 is 1.88 bits per heavy atom. The van der Waals surface area contributed by atoms with Crippen LogP contribution in [0.3, 0.4) is 0 Å². The molecule has 2 rings (SSSR count). The minimum Gasteiger partial charge on any atom is -0.303 e. The van der Waals surface area contributed by atoms with Gasteiger partial charge in [0.1, 0.15) is 6.29 Å². The molecule has 0 N–H and O–H groups in total. The van der Waals surface area contributed by atoms with Crippen molar-refractivity contribution >= 4 is 22.2 Å². The van der Waals surface area contributed by atoms with E-state index in [1.54, 1.807) is 0 Å². The first-order valence-electron chi connectivity index (χ1n) is 6.00. The number of benzene rings is 1. The molecule has 1 saturated carbocycles. The van der Waals surface area contributed by atoms with E-state index >= 15 is 0 Å². The van der Waals surface area contributed by atoms with Crippen molar-refractivity contribution in [2.45, 2.75) is 38.0 Å². The lowest BCUT2D eigenvalue weighted by atomic mass is 9.89. The van der Waals surface area contributed by atoms with Gasteiger partial charge in [0.25, 0.3) is 0 Å². The lowest BCUT2D eigenvalue weighted by molar-refractivity contribution is -0.109. The molecule has 2 heteroatoms. The summed E-state index contributed by atoms with van der Waals surface area (Å²) in [7, 11) is 0. The summed E-state index contributed by atoms with van der Waals surface area (Å²) in [5.41, 5.74) is 1.16. The Kier molecular flexibility index (Phi) is 4.16. The van der Waals surface area contributed by atoms with Crippen molar-refractivity contribution in [1.82, 2.24) is 0 Å². The van der Waals surface area contributed by atoms with Gasteiger partial charge in [-0.3, -0.25) is 0 Å². The Morgan fingerprint density at radius 3 is 2.44 bits per heavy atom. The van der Waals surface area contributed by atoms with Crippen LogP contribution in [0.4, 0.5) is 0 Å². The number of rotatable bonds is 4. The van der Waals surface area contributed by atoms with Gasteiger partial charge in [0.2, 0.25) is 0 Å². The molecule has 0 bridgehead atoms. The highest BCUT2D eigenvalue weighted by Gasteiger charge is 2.20. The third kappa shape index (κ3) is 2.94. The van der Waals surface area contributed by atoms with E-state index in [0.29, 0.717) is 0 Å². The minimum atomic E-state index is 0.0937. The van der Waals surface area contributed by atoms with Gasteiger partial charge in [-0.15, -0.1) is 0 Å². The van der Waals surface area contributed by atoms with E-state index in [1.165, 1.54) is 25.7 Å². The van der Waals surface area contributed by atoms with E-state index in [1.807, 2.05) is 12.1 Å². The molecule has 0 aromatic heterocycles. The highest BCUT2D eigenvalue weighted by Crippen LogP contribution is 2.33. The van der Waals surface area contributed by atoms with Crippen LogP contribution in [0.2, 0.25) is 0 Å². The minimum absolute atomic E-state index is 0.0937. The molecule has 0 spiro atoms. The highest BCUT2D eigenvalue weighted by molar-refractivity contribution is 9.10. The molecule has 1 fully saturated rings. The van der Waals surface area contributed by atoms with Crippen LogP contribution >= 0.6 is 15.9 Å². The van der Waals surface area contributed by atoms with Gasteiger partial charge in [0.05, 0.1) is 0 Å². The maximum atomic E-state index is 11.2. The standard InChI is InChI=1S/C14H17BrO/c15-14-7-5-12(6-8-14)13(10-16)9-11-3-1-2-4-11/h5-8,10-11,13H,1-4,9H2. The normalized spacial score (nSPS) is 18.6. The third-order valence-electron chi connectivity index (χ3n) is 3.52. The van der Waals surface area contributed by atoms with Crippen LogP contribution in [-0.4, -0.2) is 6.29 Å². The Labute approximate surface area is 105 Å². The zero-order valence-electron chi connectivity index (χ0n) is 9.36. The van der Waals surface area contributed by atoms with Gasteiger partial charge in [-0.2, -0.15) is 0 Å². The van der Waals surface area contributed by atoms with Gasteiger partial charge in [-0.05, 0) is 30.0 Å². The Bertz CT molecular complexity index is 338. The van der Waals surface area contributed by atoms with E-state index in [4.69, 9.17) is 0 Å². The van der Waals surface area contributed by atoms with Crippen LogP contribution in [0.5, 0.6) is 0 Å². The molecule has 0 heterocycles. The molecule has 86 valence electrons. The van der Waals surface area contributed by atoms with E-state index in [0.717, 1.165) is 28.7 Å². The van der Waals surface area contributed by atoms with Crippen molar-refractivity contribution < 1.29 is 4.79 Å². The van der Waals surface area contributed by atoms with Gasteiger partial charge >= 0.3 is 0 Å². The first-order valence-corrected chi connectivity index (χ1v) is 6.79. The van der Waals surface area contributed by atoms with Crippen LogP contribution in [0, 0.1) is 5.92 Å². The summed E-state index contributed by atoms with van der Waals surface area (Å²) in [5.74, 6) is 0.857. The summed E-state index contributed by atoms with van der Waals surface area (Å²) in [5, 5.41) is 0. The molecular weight excluding hydrogens is 264 g/mol. The lowest BCUT2D eigenvalue weighted by Crippen LogP contribution is -2.06. The second-order valence-electron chi connectivity index (χ2n) is 4.68. The summed E-state index contributed by atoms with van der Waals surface area (Å²) in [6.45, 7) is 0. The van der Waals surface area contributed by atoms with Crippen molar-refractivity contribution in [3.63, 3.8) is 0 Å². The van der Waals surface area contributed by atoms with Gasteiger partial charge in [-0.25, -0.2) is 0 Å². The van der Waals surface area contributed by atoms with Gasteiger partial charge < -0.3 is 4.79 Å². The zero-order valence-corrected chi connectivity index (χ0v) is 10.9. The molecule has 0 amide bonds. The van der Waals surface area contributed by atoms with E-state index in [2.05, 4.69) is 28.1 Å². The van der Waals surface area contributed by atoms with Gasteiger partial charge in [0.15, 0.2) is 0 Å². The second-order valence-corrected chi connectivity index (χ2v) is 5.60. The van der Waals surface area contributed by atoms with Crippen LogP contribution in [0.1, 0.15) is 43.6 Å². The van der Waals surface area contributed by atoms with Gasteiger partial charge in [-0.1, -0.05) is 53.7 Å². The lowest BCUT2D eigenvalue weighted by Gasteiger charge is -2.15. The Morgan fingerprint density at radius 1 is 1.25 bits per heavy atom. The largest absolute Gasteiger partial charge is 0.303 e. The molecule has 16 heavy (non-hydrogen) atoms. The van der Waals surface area contributed by atoms with Crippen LogP contribution in [-0.2, 0) is 4.79 Å². The zero-order chi connectivity index (χ0) is 11.4. The fourth-order valence-corrected chi connectivity index (χ4v) is 2.85. The molecule has 0 saturated heterocycles. The van der Waals surface area contributed by atoms with E-state index in [9.17, 15) is 4.79 Å². The average molecular weight is 281 g/mol. The summed E-state index contributed by atoms with van der Waals surface area (Å²) in [6.07, 6.45) is 7.45. The van der Waals surface area contributed by atoms with Crippen molar-refractivity contribution in [1.29, 1.82) is 0 Å². The molecular formula is C14H17BrO. The van der Waals surface area contributed by atoms with Gasteiger partial charge in [0, 0.05) is 10.4 Å². The summed E-state index contributed by atoms with van der Waals surface area (Å²) in [4.78, 5) is 11.2. The second kappa shape index (κ2) is 5.62. The van der Waals surface area contributed by atoms with Crippen molar-refractivity contribution in [3.8, 4) is 0 Å². The van der Waals surface area contributed by atoms with Crippen molar-refractivity contribution in [2.75, 3.05) is 0 Å². The Hall–Kier alpha value is -0.630. The summed E-state index contributed by atoms with van der Waals surface area (Å²) >= 11 is 3.42. The molecule has 1 nitrogen and oxygen atoms in total. The van der Waals surface area contributed by atoms with Crippen LogP contribution in [0.25, 0.3) is 0 Å². The fourth-order valence-electron chi connectivity index (χ4n) is 2.59. The average Bonchev–Trinajstić information content (AvgIpc) is 2.80. The van der Waals surface area contributed by atoms with E-state index in [-0.39, 0.29) is 5.92 Å². The first-order chi connectivity index (χ1) is 7.79. The topological polar surface area (TPSA) is 17.1 Å². The highest BCUT2D eigenvalue weighted by atomic mass is 79.9. The molecule has 0 radical (unpaired) electrons. The molecule has 1 aromatic rings. The number of carbonyl (C=O) groups is 1. The number of aldehydes is 1.